The van der Waals surface area contributed by atoms with Gasteiger partial charge in [0.1, 0.15) is 0 Å². The Kier molecular flexibility index (Phi) is 4.88. The third-order valence-electron chi connectivity index (χ3n) is 2.77. The van der Waals surface area contributed by atoms with Crippen LogP contribution in [0.15, 0.2) is 0 Å². The van der Waals surface area contributed by atoms with Gasteiger partial charge in [-0.3, -0.25) is 5.43 Å². The van der Waals surface area contributed by atoms with Crippen molar-refractivity contribution >= 4 is 11.9 Å². The molecule has 0 aliphatic carbocycles. The molecule has 1 unspecified atom stereocenters. The molecule has 0 aromatic carbocycles. The second kappa shape index (κ2) is 6.64. The van der Waals surface area contributed by atoms with Crippen LogP contribution in [0.25, 0.3) is 0 Å². The lowest BCUT2D eigenvalue weighted by molar-refractivity contribution is 0.0716. The van der Waals surface area contributed by atoms with Gasteiger partial charge in [0, 0.05) is 6.54 Å². The van der Waals surface area contributed by atoms with E-state index in [-0.39, 0.29) is 30.7 Å². The van der Waals surface area contributed by atoms with E-state index >= 15 is 0 Å². The average molecular weight is 284 g/mol. The largest absolute Gasteiger partial charge is 0.461 e. The molecule has 20 heavy (non-hydrogen) atoms. The predicted octanol–water partition coefficient (Wildman–Crippen LogP) is -0.858. The Labute approximate surface area is 117 Å². The van der Waals surface area contributed by atoms with E-state index in [1.54, 1.807) is 0 Å². The fraction of sp³-hybridized carbons (Fsp3) is 0.727. The summed E-state index contributed by atoms with van der Waals surface area (Å²) in [6, 6.07) is 0.00445. The molecule has 4 N–H and O–H groups in total. The number of hydrogen-bond acceptors (Lipinski definition) is 9. The minimum absolute atomic E-state index is 0.0442. The van der Waals surface area contributed by atoms with E-state index in [9.17, 15) is 5.11 Å². The van der Waals surface area contributed by atoms with Crippen LogP contribution in [0.4, 0.5) is 11.9 Å². The first-order valence-electron chi connectivity index (χ1n) is 6.48. The number of nitrogens with zero attached hydrogens (tertiary/aromatic N) is 4. The number of morpholine rings is 1. The summed E-state index contributed by atoms with van der Waals surface area (Å²) in [6.45, 7) is 5.27. The highest BCUT2D eigenvalue weighted by atomic mass is 16.5. The second-order valence-electron chi connectivity index (χ2n) is 4.66. The fourth-order valence-electron chi connectivity index (χ4n) is 1.87. The number of anilines is 2. The molecule has 112 valence electrons. The molecule has 0 saturated carbocycles. The number of nitrogens with two attached hydrogens (primary N) is 1. The summed E-state index contributed by atoms with van der Waals surface area (Å²) in [5.74, 6) is 5.99. The first-order valence-corrected chi connectivity index (χ1v) is 6.48. The van der Waals surface area contributed by atoms with E-state index in [1.165, 1.54) is 0 Å². The Morgan fingerprint density at radius 3 is 2.95 bits per heavy atom. The van der Waals surface area contributed by atoms with Crippen molar-refractivity contribution in [1.29, 1.82) is 0 Å². The number of hydrazine groups is 1. The Hall–Kier alpha value is -1.71. The van der Waals surface area contributed by atoms with Crippen molar-refractivity contribution in [3.8, 4) is 6.01 Å². The van der Waals surface area contributed by atoms with E-state index in [2.05, 4.69) is 20.4 Å². The minimum atomic E-state index is -0.191. The van der Waals surface area contributed by atoms with Crippen LogP contribution in [0.3, 0.4) is 0 Å². The van der Waals surface area contributed by atoms with Gasteiger partial charge in [-0.15, -0.1) is 0 Å². The van der Waals surface area contributed by atoms with Crippen molar-refractivity contribution in [1.82, 2.24) is 15.0 Å². The average Bonchev–Trinajstić information content (AvgIpc) is 2.46. The molecule has 9 heteroatoms. The van der Waals surface area contributed by atoms with Crippen LogP contribution in [0.1, 0.15) is 13.8 Å². The molecule has 1 aromatic heterocycles. The van der Waals surface area contributed by atoms with Gasteiger partial charge in [-0.2, -0.15) is 15.0 Å². The number of aliphatic hydroxyl groups excluding tert-OH is 1. The van der Waals surface area contributed by atoms with Gasteiger partial charge >= 0.3 is 6.01 Å². The Morgan fingerprint density at radius 2 is 2.30 bits per heavy atom. The third-order valence-corrected chi connectivity index (χ3v) is 2.77. The number of nitrogens with one attached hydrogen (secondary N) is 1. The SMILES string of the molecule is CC(C)Oc1nc(NN)nc(N2CCOCC2CO)n1. The zero-order chi connectivity index (χ0) is 14.5. The number of rotatable bonds is 5. The van der Waals surface area contributed by atoms with Gasteiger partial charge in [-0.1, -0.05) is 0 Å². The zero-order valence-electron chi connectivity index (χ0n) is 11.6. The lowest BCUT2D eigenvalue weighted by Gasteiger charge is -2.34. The van der Waals surface area contributed by atoms with Crippen molar-refractivity contribution < 1.29 is 14.6 Å². The Morgan fingerprint density at radius 1 is 1.50 bits per heavy atom. The number of aromatic nitrogens is 3. The molecule has 0 amide bonds. The van der Waals surface area contributed by atoms with E-state index < -0.39 is 0 Å². The summed E-state index contributed by atoms with van der Waals surface area (Å²) in [5.41, 5.74) is 2.39. The van der Waals surface area contributed by atoms with Gasteiger partial charge in [-0.25, -0.2) is 5.84 Å². The lowest BCUT2D eigenvalue weighted by atomic mass is 10.2. The Bertz CT molecular complexity index is 444. The van der Waals surface area contributed by atoms with Crippen LogP contribution in [0, 0.1) is 0 Å². The van der Waals surface area contributed by atoms with E-state index in [0.29, 0.717) is 25.7 Å². The first-order chi connectivity index (χ1) is 9.63. The summed E-state index contributed by atoms with van der Waals surface area (Å²) < 4.78 is 10.8. The maximum Gasteiger partial charge on any atom is 0.323 e. The first kappa shape index (κ1) is 14.7. The highest BCUT2D eigenvalue weighted by Crippen LogP contribution is 2.19. The van der Waals surface area contributed by atoms with Gasteiger partial charge in [0.25, 0.3) is 0 Å². The van der Waals surface area contributed by atoms with Gasteiger partial charge in [0.15, 0.2) is 0 Å². The third kappa shape index (κ3) is 3.44. The molecular formula is C11H20N6O3. The normalized spacial score (nSPS) is 19.2. The van der Waals surface area contributed by atoms with Crippen molar-refractivity contribution in [2.75, 3.05) is 36.7 Å². The molecule has 1 fully saturated rings. The van der Waals surface area contributed by atoms with Crippen molar-refractivity contribution in [3.05, 3.63) is 0 Å². The predicted molar refractivity (Wildman–Crippen MR) is 72.4 cm³/mol. The van der Waals surface area contributed by atoms with E-state index in [0.717, 1.165) is 0 Å². The standard InChI is InChI=1S/C11H20N6O3/c1-7(2)20-11-14-9(16-12)13-10(15-11)17-3-4-19-6-8(17)5-18/h7-8,18H,3-6,12H2,1-2H3,(H,13,14,15,16). The topological polar surface area (TPSA) is 119 Å². The highest BCUT2D eigenvalue weighted by molar-refractivity contribution is 5.39. The monoisotopic (exact) mass is 284 g/mol. The summed E-state index contributed by atoms with van der Waals surface area (Å²) >= 11 is 0. The van der Waals surface area contributed by atoms with Crippen molar-refractivity contribution in [3.63, 3.8) is 0 Å². The number of aliphatic hydroxyl groups is 1. The van der Waals surface area contributed by atoms with Crippen LogP contribution in [0.5, 0.6) is 6.01 Å². The fourth-order valence-corrected chi connectivity index (χ4v) is 1.87. The molecule has 0 spiro atoms. The summed E-state index contributed by atoms with van der Waals surface area (Å²) in [4.78, 5) is 14.4. The summed E-state index contributed by atoms with van der Waals surface area (Å²) in [7, 11) is 0. The zero-order valence-corrected chi connectivity index (χ0v) is 11.6. The molecule has 1 aliphatic rings. The molecule has 9 nitrogen and oxygen atoms in total. The molecule has 1 aliphatic heterocycles. The number of ether oxygens (including phenoxy) is 2. The molecule has 1 saturated heterocycles. The quantitative estimate of drug-likeness (QED) is 0.469. The van der Waals surface area contributed by atoms with Crippen LogP contribution >= 0.6 is 0 Å². The molecular weight excluding hydrogens is 264 g/mol. The lowest BCUT2D eigenvalue weighted by Crippen LogP contribution is -2.48. The van der Waals surface area contributed by atoms with Gasteiger partial charge in [0.2, 0.25) is 11.9 Å². The van der Waals surface area contributed by atoms with Gasteiger partial charge in [0.05, 0.1) is 32.0 Å². The molecule has 1 atom stereocenters. The van der Waals surface area contributed by atoms with Crippen LogP contribution in [-0.4, -0.2) is 58.6 Å². The smallest absolute Gasteiger partial charge is 0.323 e. The van der Waals surface area contributed by atoms with Crippen LogP contribution in [0.2, 0.25) is 0 Å². The highest BCUT2D eigenvalue weighted by Gasteiger charge is 2.26. The number of hydrogen-bond donors (Lipinski definition) is 3. The maximum atomic E-state index is 9.40. The van der Waals surface area contributed by atoms with Gasteiger partial charge < -0.3 is 19.5 Å². The summed E-state index contributed by atoms with van der Waals surface area (Å²) in [5, 5.41) is 9.40. The number of nitrogen functional groups attached to an aromatic ring is 1. The van der Waals surface area contributed by atoms with E-state index in [4.69, 9.17) is 15.3 Å². The Balaban J connectivity index is 2.28. The van der Waals surface area contributed by atoms with Gasteiger partial charge in [-0.05, 0) is 13.8 Å². The molecule has 0 radical (unpaired) electrons. The molecule has 2 rings (SSSR count). The van der Waals surface area contributed by atoms with Crippen molar-refractivity contribution in [2.24, 2.45) is 5.84 Å². The summed E-state index contributed by atoms with van der Waals surface area (Å²) in [6.07, 6.45) is -0.0609. The van der Waals surface area contributed by atoms with Crippen LogP contribution < -0.4 is 20.9 Å². The second-order valence-corrected chi connectivity index (χ2v) is 4.66. The molecule has 1 aromatic rings. The molecule has 2 heterocycles. The van der Waals surface area contributed by atoms with Crippen LogP contribution in [-0.2, 0) is 4.74 Å². The van der Waals surface area contributed by atoms with E-state index in [1.807, 2.05) is 18.7 Å². The molecule has 0 bridgehead atoms. The minimum Gasteiger partial charge on any atom is -0.461 e. The van der Waals surface area contributed by atoms with Crippen molar-refractivity contribution in [2.45, 2.75) is 26.0 Å². The maximum absolute atomic E-state index is 9.40.